The fraction of sp³-hybridized carbons (Fsp3) is 0.231. The van der Waals surface area contributed by atoms with Crippen LogP contribution in [0.25, 0.3) is 66.1 Å². The fourth-order valence-corrected chi connectivity index (χ4v) is 6.46. The summed E-state index contributed by atoms with van der Waals surface area (Å²) in [5.74, 6) is 0. The molecule has 7 aromatic rings. The second-order valence-corrected chi connectivity index (χ2v) is 13.4. The Balaban J connectivity index is 1.47. The minimum Gasteiger partial charge on any atom is -0.455 e. The molecule has 0 amide bonds. The molecule has 0 fully saturated rings. The molecule has 0 aliphatic carbocycles. The molecular weight excluding hydrogens is 500 g/mol. The van der Waals surface area contributed by atoms with Crippen molar-refractivity contribution >= 4 is 43.9 Å². The minimum absolute atomic E-state index is 0.0124. The maximum absolute atomic E-state index is 6.73. The summed E-state index contributed by atoms with van der Waals surface area (Å²) in [5.41, 5.74) is 12.1. The predicted octanol–water partition coefficient (Wildman–Crippen LogP) is 11.7. The van der Waals surface area contributed by atoms with E-state index >= 15 is 0 Å². The zero-order valence-corrected chi connectivity index (χ0v) is 25.0. The molecule has 0 unspecified atom stereocenters. The normalized spacial score (nSPS) is 12.8. The van der Waals surface area contributed by atoms with E-state index in [1.54, 1.807) is 0 Å². The van der Waals surface area contributed by atoms with Gasteiger partial charge in [-0.05, 0) is 34.4 Å². The highest BCUT2D eigenvalue weighted by Crippen LogP contribution is 2.44. The number of fused-ring (bicyclic) bond motifs is 6. The number of furan rings is 2. The van der Waals surface area contributed by atoms with Crippen molar-refractivity contribution < 1.29 is 8.83 Å². The first-order chi connectivity index (χ1) is 19.5. The summed E-state index contributed by atoms with van der Waals surface area (Å²) in [7, 11) is 0. The third kappa shape index (κ3) is 3.92. The maximum Gasteiger partial charge on any atom is 0.143 e. The fourth-order valence-electron chi connectivity index (χ4n) is 6.46. The molecule has 2 nitrogen and oxygen atoms in total. The topological polar surface area (TPSA) is 26.3 Å². The maximum atomic E-state index is 6.73. The van der Waals surface area contributed by atoms with Crippen LogP contribution in [0.4, 0.5) is 0 Å². The van der Waals surface area contributed by atoms with Gasteiger partial charge < -0.3 is 8.83 Å². The van der Waals surface area contributed by atoms with E-state index in [9.17, 15) is 0 Å². The summed E-state index contributed by atoms with van der Waals surface area (Å²) >= 11 is 0. The zero-order valence-electron chi connectivity index (χ0n) is 25.0. The number of hydrogen-bond donors (Lipinski definition) is 0. The highest BCUT2D eigenvalue weighted by molar-refractivity contribution is 6.12. The molecule has 0 bridgehead atoms. The van der Waals surface area contributed by atoms with Crippen LogP contribution in [-0.2, 0) is 10.8 Å². The van der Waals surface area contributed by atoms with Crippen LogP contribution in [0.2, 0.25) is 0 Å². The van der Waals surface area contributed by atoms with Gasteiger partial charge in [-0.3, -0.25) is 0 Å². The summed E-state index contributed by atoms with van der Waals surface area (Å²) in [6.45, 7) is 15.7. The Morgan fingerprint density at radius 1 is 0.390 bits per heavy atom. The lowest BCUT2D eigenvalue weighted by atomic mass is 9.86. The van der Waals surface area contributed by atoms with Gasteiger partial charge in [-0.2, -0.15) is 0 Å². The highest BCUT2D eigenvalue weighted by atomic mass is 16.3. The molecule has 0 radical (unpaired) electrons. The van der Waals surface area contributed by atoms with Crippen molar-refractivity contribution in [3.05, 3.63) is 108 Å². The molecule has 2 aromatic heterocycles. The molecule has 0 spiro atoms. The minimum atomic E-state index is -0.0124. The van der Waals surface area contributed by atoms with Gasteiger partial charge in [-0.25, -0.2) is 0 Å². The second kappa shape index (κ2) is 8.85. The van der Waals surface area contributed by atoms with Crippen LogP contribution >= 0.6 is 0 Å². The van der Waals surface area contributed by atoms with Crippen LogP contribution in [0.15, 0.2) is 99.8 Å². The molecule has 0 N–H and O–H groups in total. The van der Waals surface area contributed by atoms with Gasteiger partial charge in [-0.1, -0.05) is 133 Å². The predicted molar refractivity (Wildman–Crippen MR) is 174 cm³/mol. The van der Waals surface area contributed by atoms with E-state index < -0.39 is 0 Å². The van der Waals surface area contributed by atoms with Crippen molar-refractivity contribution in [3.63, 3.8) is 0 Å². The summed E-state index contributed by atoms with van der Waals surface area (Å²) < 4.78 is 13.5. The van der Waals surface area contributed by atoms with Gasteiger partial charge in [0.1, 0.15) is 22.3 Å². The molecule has 0 aliphatic rings. The van der Waals surface area contributed by atoms with Crippen LogP contribution in [0.3, 0.4) is 0 Å². The van der Waals surface area contributed by atoms with E-state index in [0.29, 0.717) is 0 Å². The van der Waals surface area contributed by atoms with E-state index in [1.165, 1.54) is 38.6 Å². The molecule has 204 valence electrons. The van der Waals surface area contributed by atoms with Crippen LogP contribution in [0, 0.1) is 6.92 Å². The molecule has 0 atom stereocenters. The third-order valence-corrected chi connectivity index (χ3v) is 8.58. The summed E-state index contributed by atoms with van der Waals surface area (Å²) in [5, 5.41) is 4.65. The SMILES string of the molecule is Cc1c(-c2cccc3c2oc2c(C(C)(C)C)cccc23)cccc1-c1cccc2c1oc1c(C(C)(C)C)cccc12. The Morgan fingerprint density at radius 3 is 1.10 bits per heavy atom. The first-order valence-corrected chi connectivity index (χ1v) is 14.5. The highest BCUT2D eigenvalue weighted by Gasteiger charge is 2.24. The Kier molecular flexibility index (Phi) is 5.54. The van der Waals surface area contributed by atoms with Crippen molar-refractivity contribution in [2.75, 3.05) is 0 Å². The van der Waals surface area contributed by atoms with Crippen LogP contribution in [-0.4, -0.2) is 0 Å². The Hall–Kier alpha value is -4.30. The number of para-hydroxylation sites is 4. The first-order valence-electron chi connectivity index (χ1n) is 14.5. The van der Waals surface area contributed by atoms with Crippen molar-refractivity contribution in [1.82, 2.24) is 0 Å². The molecule has 5 aromatic carbocycles. The Morgan fingerprint density at radius 2 is 0.707 bits per heavy atom. The standard InChI is InChI=1S/C39H36O2/c1-23-24(26-15-9-17-28-30-19-11-21-32(38(2,3)4)36(30)40-34(26)28)13-8-14-25(23)27-16-10-18-29-31-20-12-22-33(39(5,6)7)37(31)41-35(27)29/h8-22H,1-7H3. The second-order valence-electron chi connectivity index (χ2n) is 13.4. The molecule has 41 heavy (non-hydrogen) atoms. The first kappa shape index (κ1) is 25.7. The van der Waals surface area contributed by atoms with Gasteiger partial charge in [0.25, 0.3) is 0 Å². The van der Waals surface area contributed by atoms with Crippen molar-refractivity contribution in [1.29, 1.82) is 0 Å². The van der Waals surface area contributed by atoms with Crippen molar-refractivity contribution in [2.45, 2.75) is 59.3 Å². The Labute approximate surface area is 241 Å². The quantitative estimate of drug-likeness (QED) is 0.220. The molecule has 7 rings (SSSR count). The molecule has 0 saturated heterocycles. The largest absolute Gasteiger partial charge is 0.455 e. The average molecular weight is 537 g/mol. The van der Waals surface area contributed by atoms with Crippen molar-refractivity contribution in [3.8, 4) is 22.3 Å². The monoisotopic (exact) mass is 536 g/mol. The molecule has 2 heterocycles. The van der Waals surface area contributed by atoms with E-state index in [1.807, 2.05) is 0 Å². The average Bonchev–Trinajstić information content (AvgIpc) is 3.50. The van der Waals surface area contributed by atoms with Crippen LogP contribution < -0.4 is 0 Å². The lowest BCUT2D eigenvalue weighted by Gasteiger charge is -2.18. The number of hydrogen-bond acceptors (Lipinski definition) is 2. The lowest BCUT2D eigenvalue weighted by Crippen LogP contribution is -2.10. The van der Waals surface area contributed by atoms with Gasteiger partial charge in [0.15, 0.2) is 0 Å². The van der Waals surface area contributed by atoms with E-state index in [-0.39, 0.29) is 10.8 Å². The summed E-state index contributed by atoms with van der Waals surface area (Å²) in [6, 6.07) is 32.6. The van der Waals surface area contributed by atoms with E-state index in [2.05, 4.69) is 139 Å². The van der Waals surface area contributed by atoms with Crippen molar-refractivity contribution in [2.24, 2.45) is 0 Å². The smallest absolute Gasteiger partial charge is 0.143 e. The molecule has 2 heteroatoms. The van der Waals surface area contributed by atoms with Gasteiger partial charge in [0.05, 0.1) is 0 Å². The molecule has 0 aliphatic heterocycles. The van der Waals surface area contributed by atoms with E-state index in [4.69, 9.17) is 8.83 Å². The van der Waals surface area contributed by atoms with Gasteiger partial charge >= 0.3 is 0 Å². The number of benzene rings is 5. The molecule has 0 saturated carbocycles. The molecular formula is C39H36O2. The van der Waals surface area contributed by atoms with Crippen LogP contribution in [0.5, 0.6) is 0 Å². The van der Waals surface area contributed by atoms with Gasteiger partial charge in [0, 0.05) is 43.8 Å². The summed E-state index contributed by atoms with van der Waals surface area (Å²) in [6.07, 6.45) is 0. The van der Waals surface area contributed by atoms with Gasteiger partial charge in [-0.15, -0.1) is 0 Å². The Bertz CT molecular complexity index is 1970. The summed E-state index contributed by atoms with van der Waals surface area (Å²) in [4.78, 5) is 0. The zero-order chi connectivity index (χ0) is 28.7. The lowest BCUT2D eigenvalue weighted by molar-refractivity contribution is 0.572. The number of rotatable bonds is 2. The van der Waals surface area contributed by atoms with Gasteiger partial charge in [0.2, 0.25) is 0 Å². The van der Waals surface area contributed by atoms with E-state index in [0.717, 1.165) is 44.2 Å². The van der Waals surface area contributed by atoms with Crippen LogP contribution in [0.1, 0.15) is 58.2 Å². The third-order valence-electron chi connectivity index (χ3n) is 8.58.